The van der Waals surface area contributed by atoms with Crippen molar-refractivity contribution in [2.75, 3.05) is 19.1 Å². The number of rotatable bonds is 4. The van der Waals surface area contributed by atoms with E-state index in [1.165, 1.54) is 5.56 Å². The van der Waals surface area contributed by atoms with Crippen molar-refractivity contribution in [3.63, 3.8) is 0 Å². The van der Waals surface area contributed by atoms with Gasteiger partial charge in [-0.05, 0) is 41.4 Å². The van der Waals surface area contributed by atoms with Crippen LogP contribution >= 0.6 is 11.6 Å². The van der Waals surface area contributed by atoms with Crippen LogP contribution in [0, 0.1) is 0 Å². The highest BCUT2D eigenvalue weighted by molar-refractivity contribution is 6.28. The van der Waals surface area contributed by atoms with Crippen LogP contribution in [0.1, 0.15) is 5.56 Å². The van der Waals surface area contributed by atoms with Gasteiger partial charge in [-0.15, -0.1) is 0 Å². The SMILES string of the molecule is COc1ccc(CN(C)c2nc(Cl)nc3ccccc23)cc1. The van der Waals surface area contributed by atoms with Crippen LogP contribution in [0.15, 0.2) is 48.5 Å². The molecular formula is C17H16ClN3O. The topological polar surface area (TPSA) is 38.2 Å². The summed E-state index contributed by atoms with van der Waals surface area (Å²) in [4.78, 5) is 10.7. The van der Waals surface area contributed by atoms with Crippen LogP contribution in [0.3, 0.4) is 0 Å². The van der Waals surface area contributed by atoms with Gasteiger partial charge in [0, 0.05) is 19.0 Å². The van der Waals surface area contributed by atoms with Gasteiger partial charge in [0.05, 0.1) is 12.6 Å². The molecule has 0 unspecified atom stereocenters. The Hall–Kier alpha value is -2.33. The first-order chi connectivity index (χ1) is 10.7. The van der Waals surface area contributed by atoms with Crippen molar-refractivity contribution >= 4 is 28.3 Å². The first-order valence-electron chi connectivity index (χ1n) is 6.94. The van der Waals surface area contributed by atoms with E-state index in [0.717, 1.165) is 29.0 Å². The second-order valence-electron chi connectivity index (χ2n) is 5.04. The Morgan fingerprint density at radius 1 is 1.05 bits per heavy atom. The van der Waals surface area contributed by atoms with Crippen LogP contribution in [0.5, 0.6) is 5.75 Å². The van der Waals surface area contributed by atoms with Gasteiger partial charge >= 0.3 is 0 Å². The number of para-hydroxylation sites is 1. The molecule has 0 aliphatic carbocycles. The number of hydrogen-bond acceptors (Lipinski definition) is 4. The third-order valence-electron chi connectivity index (χ3n) is 3.50. The summed E-state index contributed by atoms with van der Waals surface area (Å²) in [6, 6.07) is 15.9. The van der Waals surface area contributed by atoms with Gasteiger partial charge in [0.1, 0.15) is 11.6 Å². The number of nitrogens with zero attached hydrogens (tertiary/aromatic N) is 3. The maximum atomic E-state index is 6.05. The number of anilines is 1. The van der Waals surface area contributed by atoms with Crippen LogP contribution < -0.4 is 9.64 Å². The van der Waals surface area contributed by atoms with E-state index < -0.39 is 0 Å². The van der Waals surface area contributed by atoms with Gasteiger partial charge in [0.25, 0.3) is 0 Å². The molecule has 0 fully saturated rings. The van der Waals surface area contributed by atoms with E-state index in [4.69, 9.17) is 16.3 Å². The molecule has 22 heavy (non-hydrogen) atoms. The molecule has 0 saturated carbocycles. The van der Waals surface area contributed by atoms with E-state index >= 15 is 0 Å². The minimum absolute atomic E-state index is 0.260. The van der Waals surface area contributed by atoms with E-state index in [2.05, 4.69) is 14.9 Å². The monoisotopic (exact) mass is 313 g/mol. The molecule has 3 aromatic rings. The zero-order valence-electron chi connectivity index (χ0n) is 12.5. The molecule has 112 valence electrons. The summed E-state index contributed by atoms with van der Waals surface area (Å²) < 4.78 is 5.18. The van der Waals surface area contributed by atoms with Gasteiger partial charge in [-0.1, -0.05) is 24.3 Å². The molecule has 0 aliphatic heterocycles. The number of fused-ring (bicyclic) bond motifs is 1. The lowest BCUT2D eigenvalue weighted by atomic mass is 10.2. The molecule has 0 atom stereocenters. The van der Waals surface area contributed by atoms with E-state index in [9.17, 15) is 0 Å². The third-order valence-corrected chi connectivity index (χ3v) is 3.67. The predicted octanol–water partition coefficient (Wildman–Crippen LogP) is 3.93. The van der Waals surface area contributed by atoms with Crippen LogP contribution in [-0.4, -0.2) is 24.1 Å². The Balaban J connectivity index is 1.92. The first kappa shape index (κ1) is 14.6. The van der Waals surface area contributed by atoms with E-state index in [1.54, 1.807) is 7.11 Å². The van der Waals surface area contributed by atoms with Gasteiger partial charge in [-0.3, -0.25) is 0 Å². The Morgan fingerprint density at radius 3 is 2.50 bits per heavy atom. The summed E-state index contributed by atoms with van der Waals surface area (Å²) in [5.41, 5.74) is 2.01. The van der Waals surface area contributed by atoms with Crippen molar-refractivity contribution in [1.29, 1.82) is 0 Å². The predicted molar refractivity (Wildman–Crippen MR) is 89.6 cm³/mol. The summed E-state index contributed by atoms with van der Waals surface area (Å²) in [5.74, 6) is 1.67. The Kier molecular flexibility index (Phi) is 4.11. The maximum Gasteiger partial charge on any atom is 0.224 e. The fourth-order valence-electron chi connectivity index (χ4n) is 2.40. The molecule has 0 aliphatic rings. The molecule has 4 nitrogen and oxygen atoms in total. The highest BCUT2D eigenvalue weighted by Gasteiger charge is 2.11. The van der Waals surface area contributed by atoms with Crippen molar-refractivity contribution < 1.29 is 4.74 Å². The normalized spacial score (nSPS) is 10.7. The Labute approximate surface area is 134 Å². The molecule has 0 N–H and O–H groups in total. The summed E-state index contributed by atoms with van der Waals surface area (Å²) in [6.07, 6.45) is 0. The zero-order valence-corrected chi connectivity index (χ0v) is 13.2. The number of aromatic nitrogens is 2. The van der Waals surface area contributed by atoms with Crippen LogP contribution in [0.2, 0.25) is 5.28 Å². The Morgan fingerprint density at radius 2 is 1.77 bits per heavy atom. The fourth-order valence-corrected chi connectivity index (χ4v) is 2.57. The molecule has 3 rings (SSSR count). The van der Waals surface area contributed by atoms with Crippen LogP contribution in [-0.2, 0) is 6.54 Å². The molecule has 0 spiro atoms. The second kappa shape index (κ2) is 6.20. The number of halogens is 1. The van der Waals surface area contributed by atoms with Crippen molar-refractivity contribution in [2.24, 2.45) is 0 Å². The molecule has 0 bridgehead atoms. The minimum atomic E-state index is 0.260. The van der Waals surface area contributed by atoms with Crippen molar-refractivity contribution in [2.45, 2.75) is 6.54 Å². The number of benzene rings is 2. The molecule has 5 heteroatoms. The lowest BCUT2D eigenvalue weighted by molar-refractivity contribution is 0.414. The van der Waals surface area contributed by atoms with Gasteiger partial charge in [-0.2, -0.15) is 4.98 Å². The van der Waals surface area contributed by atoms with E-state index in [1.807, 2.05) is 55.6 Å². The second-order valence-corrected chi connectivity index (χ2v) is 5.38. The van der Waals surface area contributed by atoms with E-state index in [0.29, 0.717) is 0 Å². The average molecular weight is 314 g/mol. The molecule has 0 radical (unpaired) electrons. The zero-order chi connectivity index (χ0) is 15.5. The molecule has 0 amide bonds. The number of ether oxygens (including phenoxy) is 1. The summed E-state index contributed by atoms with van der Waals surface area (Å²) in [6.45, 7) is 0.724. The third kappa shape index (κ3) is 2.97. The van der Waals surface area contributed by atoms with Crippen molar-refractivity contribution in [1.82, 2.24) is 9.97 Å². The molecule has 1 heterocycles. The summed E-state index contributed by atoms with van der Waals surface area (Å²) >= 11 is 6.05. The fraction of sp³-hybridized carbons (Fsp3) is 0.176. The average Bonchev–Trinajstić information content (AvgIpc) is 2.54. The van der Waals surface area contributed by atoms with Gasteiger partial charge in [0.2, 0.25) is 5.28 Å². The van der Waals surface area contributed by atoms with Crippen molar-refractivity contribution in [3.8, 4) is 5.75 Å². The maximum absolute atomic E-state index is 6.05. The molecular weight excluding hydrogens is 298 g/mol. The first-order valence-corrected chi connectivity index (χ1v) is 7.31. The van der Waals surface area contributed by atoms with E-state index in [-0.39, 0.29) is 5.28 Å². The largest absolute Gasteiger partial charge is 0.497 e. The smallest absolute Gasteiger partial charge is 0.224 e. The van der Waals surface area contributed by atoms with Crippen LogP contribution in [0.25, 0.3) is 10.9 Å². The van der Waals surface area contributed by atoms with Crippen LogP contribution in [0.4, 0.5) is 5.82 Å². The minimum Gasteiger partial charge on any atom is -0.497 e. The number of hydrogen-bond donors (Lipinski definition) is 0. The van der Waals surface area contributed by atoms with Gasteiger partial charge in [0.15, 0.2) is 0 Å². The summed E-state index contributed by atoms with van der Waals surface area (Å²) in [5, 5.41) is 1.25. The quantitative estimate of drug-likeness (QED) is 0.684. The molecule has 1 aromatic heterocycles. The lowest BCUT2D eigenvalue weighted by Gasteiger charge is -2.20. The molecule has 2 aromatic carbocycles. The highest BCUT2D eigenvalue weighted by atomic mass is 35.5. The summed E-state index contributed by atoms with van der Waals surface area (Å²) in [7, 11) is 3.66. The van der Waals surface area contributed by atoms with Crippen molar-refractivity contribution in [3.05, 3.63) is 59.4 Å². The molecule has 0 saturated heterocycles. The van der Waals surface area contributed by atoms with Gasteiger partial charge < -0.3 is 9.64 Å². The number of methoxy groups -OCH3 is 1. The lowest BCUT2D eigenvalue weighted by Crippen LogP contribution is -2.18. The van der Waals surface area contributed by atoms with Gasteiger partial charge in [-0.25, -0.2) is 4.98 Å². The highest BCUT2D eigenvalue weighted by Crippen LogP contribution is 2.25. The Bertz CT molecular complexity index is 790. The standard InChI is InChI=1S/C17H16ClN3O/c1-21(11-12-7-9-13(22-2)10-8-12)16-14-5-3-4-6-15(14)19-17(18)20-16/h3-10H,11H2,1-2H3.